The summed E-state index contributed by atoms with van der Waals surface area (Å²) in [5, 5.41) is 5.53. The number of nitrogens with one attached hydrogen (secondary N) is 2. The van der Waals surface area contributed by atoms with Gasteiger partial charge in [0, 0.05) is 30.8 Å². The summed E-state index contributed by atoms with van der Waals surface area (Å²) in [6.07, 6.45) is 1.83. The SMILES string of the molecule is CCCN(CCC)C(=O)c1ccc(NC(=S)NC(=O)CCC(=O)OCC)cc1. The number of nitrogens with zero attached hydrogens (tertiary/aromatic N) is 1. The first-order chi connectivity index (χ1) is 13.4. The van der Waals surface area contributed by atoms with Crippen LogP contribution in [0.2, 0.25) is 0 Å². The first-order valence-corrected chi connectivity index (χ1v) is 9.97. The van der Waals surface area contributed by atoms with E-state index >= 15 is 0 Å². The molecule has 154 valence electrons. The van der Waals surface area contributed by atoms with E-state index in [1.165, 1.54) is 0 Å². The fraction of sp³-hybridized carbons (Fsp3) is 0.500. The molecule has 28 heavy (non-hydrogen) atoms. The Morgan fingerprint density at radius 1 is 1.00 bits per heavy atom. The van der Waals surface area contributed by atoms with Crippen molar-refractivity contribution in [3.8, 4) is 0 Å². The van der Waals surface area contributed by atoms with Gasteiger partial charge >= 0.3 is 5.97 Å². The van der Waals surface area contributed by atoms with Gasteiger partial charge < -0.3 is 20.3 Å². The van der Waals surface area contributed by atoms with Gasteiger partial charge in [-0.05, 0) is 56.2 Å². The number of ether oxygens (including phenoxy) is 1. The number of esters is 1. The van der Waals surface area contributed by atoms with Gasteiger partial charge in [-0.1, -0.05) is 13.8 Å². The van der Waals surface area contributed by atoms with Crippen LogP contribution < -0.4 is 10.6 Å². The van der Waals surface area contributed by atoms with Crippen molar-refractivity contribution in [1.82, 2.24) is 10.2 Å². The second kappa shape index (κ2) is 12.8. The average Bonchev–Trinajstić information content (AvgIpc) is 2.66. The minimum absolute atomic E-state index is 0.00121. The van der Waals surface area contributed by atoms with Crippen molar-refractivity contribution in [1.29, 1.82) is 0 Å². The molecule has 8 heteroatoms. The van der Waals surface area contributed by atoms with Gasteiger partial charge in [0.25, 0.3) is 5.91 Å². The zero-order valence-corrected chi connectivity index (χ0v) is 17.6. The second-order valence-corrected chi connectivity index (χ2v) is 6.59. The maximum atomic E-state index is 12.6. The largest absolute Gasteiger partial charge is 0.466 e. The van der Waals surface area contributed by atoms with E-state index in [4.69, 9.17) is 17.0 Å². The summed E-state index contributed by atoms with van der Waals surface area (Å²) in [5.41, 5.74) is 1.27. The van der Waals surface area contributed by atoms with Gasteiger partial charge in [-0.2, -0.15) is 0 Å². The molecule has 1 aromatic rings. The van der Waals surface area contributed by atoms with E-state index < -0.39 is 5.97 Å². The predicted octanol–water partition coefficient (Wildman–Crippen LogP) is 3.11. The number of carbonyl (C=O) groups excluding carboxylic acids is 3. The van der Waals surface area contributed by atoms with Crippen molar-refractivity contribution in [3.63, 3.8) is 0 Å². The van der Waals surface area contributed by atoms with Gasteiger partial charge in [0.1, 0.15) is 0 Å². The van der Waals surface area contributed by atoms with E-state index in [1.807, 2.05) is 18.7 Å². The molecule has 0 spiro atoms. The Balaban J connectivity index is 2.55. The molecule has 2 amide bonds. The molecule has 0 aliphatic heterocycles. The zero-order chi connectivity index (χ0) is 20.9. The molecule has 1 aromatic carbocycles. The van der Waals surface area contributed by atoms with Gasteiger partial charge in [0.15, 0.2) is 5.11 Å². The van der Waals surface area contributed by atoms with Crippen LogP contribution >= 0.6 is 12.2 Å². The molecule has 7 nitrogen and oxygen atoms in total. The summed E-state index contributed by atoms with van der Waals surface area (Å²) < 4.78 is 4.77. The highest BCUT2D eigenvalue weighted by atomic mass is 32.1. The first kappa shape index (κ1) is 23.6. The topological polar surface area (TPSA) is 87.7 Å². The van der Waals surface area contributed by atoms with Crippen LogP contribution in [0, 0.1) is 0 Å². The first-order valence-electron chi connectivity index (χ1n) is 9.57. The standard InChI is InChI=1S/C20H29N3O4S/c1-4-13-23(14-5-2)19(26)15-7-9-16(10-8-15)21-20(28)22-17(24)11-12-18(25)27-6-3/h7-10H,4-6,11-14H2,1-3H3,(H2,21,22,24,28). The Kier molecular flexibility index (Phi) is 10.8. The normalized spacial score (nSPS) is 10.1. The third-order valence-corrected chi connectivity index (χ3v) is 3.98. The minimum Gasteiger partial charge on any atom is -0.466 e. The second-order valence-electron chi connectivity index (χ2n) is 6.18. The van der Waals surface area contributed by atoms with Crippen LogP contribution in [0.25, 0.3) is 0 Å². The lowest BCUT2D eigenvalue weighted by Crippen LogP contribution is -2.34. The fourth-order valence-corrected chi connectivity index (χ4v) is 2.77. The van der Waals surface area contributed by atoms with Crippen LogP contribution in [0.5, 0.6) is 0 Å². The molecule has 1 rings (SSSR count). The Hall–Kier alpha value is -2.48. The number of hydrogen-bond donors (Lipinski definition) is 2. The molecule has 0 saturated heterocycles. The number of carbonyl (C=O) groups is 3. The molecule has 0 aliphatic rings. The summed E-state index contributed by atoms with van der Waals surface area (Å²) in [4.78, 5) is 37.5. The number of thiocarbonyl (C=S) groups is 1. The smallest absolute Gasteiger partial charge is 0.306 e. The number of rotatable bonds is 10. The van der Waals surface area contributed by atoms with E-state index in [-0.39, 0.29) is 36.4 Å². The van der Waals surface area contributed by atoms with Crippen molar-refractivity contribution >= 4 is 40.8 Å². The van der Waals surface area contributed by atoms with Crippen LogP contribution in [0.15, 0.2) is 24.3 Å². The van der Waals surface area contributed by atoms with Crippen molar-refractivity contribution < 1.29 is 19.1 Å². The Morgan fingerprint density at radius 2 is 1.61 bits per heavy atom. The summed E-state index contributed by atoms with van der Waals surface area (Å²) in [6.45, 7) is 7.55. The molecule has 0 heterocycles. The lowest BCUT2D eigenvalue weighted by molar-refractivity contribution is -0.144. The summed E-state index contributed by atoms with van der Waals surface area (Å²) >= 11 is 5.10. The van der Waals surface area contributed by atoms with Crippen molar-refractivity contribution in [2.75, 3.05) is 25.0 Å². The van der Waals surface area contributed by atoms with Crippen LogP contribution in [0.1, 0.15) is 56.8 Å². The molecular weight excluding hydrogens is 378 g/mol. The highest BCUT2D eigenvalue weighted by Crippen LogP contribution is 2.12. The fourth-order valence-electron chi connectivity index (χ4n) is 2.53. The monoisotopic (exact) mass is 407 g/mol. The third kappa shape index (κ3) is 8.47. The summed E-state index contributed by atoms with van der Waals surface area (Å²) in [5.74, 6) is -0.783. The molecule has 0 aromatic heterocycles. The number of amides is 2. The molecule has 0 fully saturated rings. The molecule has 0 bridgehead atoms. The zero-order valence-electron chi connectivity index (χ0n) is 16.7. The molecule has 0 unspecified atom stereocenters. The van der Waals surface area contributed by atoms with Gasteiger partial charge in [-0.3, -0.25) is 14.4 Å². The maximum absolute atomic E-state index is 12.6. The van der Waals surface area contributed by atoms with Crippen LogP contribution in [0.4, 0.5) is 5.69 Å². The van der Waals surface area contributed by atoms with Gasteiger partial charge in [0.05, 0.1) is 13.0 Å². The molecule has 0 radical (unpaired) electrons. The summed E-state index contributed by atoms with van der Waals surface area (Å²) in [6, 6.07) is 6.93. The van der Waals surface area contributed by atoms with E-state index in [2.05, 4.69) is 10.6 Å². The van der Waals surface area contributed by atoms with Crippen molar-refractivity contribution in [3.05, 3.63) is 29.8 Å². The quantitative estimate of drug-likeness (QED) is 0.458. The van der Waals surface area contributed by atoms with Crippen molar-refractivity contribution in [2.45, 2.75) is 46.5 Å². The Morgan fingerprint density at radius 3 is 2.14 bits per heavy atom. The number of benzene rings is 1. The van der Waals surface area contributed by atoms with Crippen LogP contribution in [-0.2, 0) is 14.3 Å². The van der Waals surface area contributed by atoms with E-state index in [0.717, 1.165) is 25.9 Å². The van der Waals surface area contributed by atoms with E-state index in [9.17, 15) is 14.4 Å². The Labute approximate surface area is 171 Å². The third-order valence-electron chi connectivity index (χ3n) is 3.78. The van der Waals surface area contributed by atoms with Gasteiger partial charge in [-0.15, -0.1) is 0 Å². The van der Waals surface area contributed by atoms with Crippen LogP contribution in [0.3, 0.4) is 0 Å². The molecular formula is C20H29N3O4S. The van der Waals surface area contributed by atoms with E-state index in [1.54, 1.807) is 31.2 Å². The molecule has 0 saturated carbocycles. The van der Waals surface area contributed by atoms with Crippen LogP contribution in [-0.4, -0.2) is 47.5 Å². The summed E-state index contributed by atoms with van der Waals surface area (Å²) in [7, 11) is 0. The Bertz CT molecular complexity index is 671. The number of anilines is 1. The minimum atomic E-state index is -0.419. The average molecular weight is 408 g/mol. The highest BCUT2D eigenvalue weighted by molar-refractivity contribution is 7.80. The van der Waals surface area contributed by atoms with Gasteiger partial charge in [-0.25, -0.2) is 0 Å². The van der Waals surface area contributed by atoms with E-state index in [0.29, 0.717) is 11.3 Å². The highest BCUT2D eigenvalue weighted by Gasteiger charge is 2.14. The lowest BCUT2D eigenvalue weighted by Gasteiger charge is -2.21. The van der Waals surface area contributed by atoms with Gasteiger partial charge in [0.2, 0.25) is 5.91 Å². The number of hydrogen-bond acceptors (Lipinski definition) is 5. The lowest BCUT2D eigenvalue weighted by atomic mass is 10.1. The predicted molar refractivity (Wildman–Crippen MR) is 113 cm³/mol. The molecule has 0 atom stereocenters. The molecule has 0 aliphatic carbocycles. The van der Waals surface area contributed by atoms with Crippen molar-refractivity contribution in [2.24, 2.45) is 0 Å². The maximum Gasteiger partial charge on any atom is 0.306 e. The molecule has 2 N–H and O–H groups in total.